The zero-order valence-electron chi connectivity index (χ0n) is 11.5. The molecule has 0 unspecified atom stereocenters. The van der Waals surface area contributed by atoms with Crippen molar-refractivity contribution in [2.45, 2.75) is 32.7 Å². The maximum Gasteiger partial charge on any atom is 0.315 e. The van der Waals surface area contributed by atoms with Gasteiger partial charge in [-0.3, -0.25) is 0 Å². The average molecular weight is 261 g/mol. The zero-order valence-corrected chi connectivity index (χ0v) is 11.5. The van der Waals surface area contributed by atoms with E-state index in [4.69, 9.17) is 9.15 Å². The molecular weight excluding hydrogens is 242 g/mol. The number of ether oxygens (including phenoxy) is 1. The number of methoxy groups -OCH3 is 1. The standard InChI is InChI=1S/C14H19N3O2/c1-4-5-13-16-17-14(19-13)15-10(2)11-6-8-12(18-3)9-7-11/h6-10H,4-5H2,1-3H3,(H,15,17)/t10-/m1/s1. The number of aryl methyl sites for hydroxylation is 1. The Balaban J connectivity index is 2.00. The summed E-state index contributed by atoms with van der Waals surface area (Å²) in [5.41, 5.74) is 1.14. The molecule has 0 aliphatic carbocycles. The molecule has 1 N–H and O–H groups in total. The lowest BCUT2D eigenvalue weighted by molar-refractivity contribution is 0.414. The molecule has 0 saturated heterocycles. The van der Waals surface area contributed by atoms with Crippen molar-refractivity contribution in [2.75, 3.05) is 12.4 Å². The van der Waals surface area contributed by atoms with Gasteiger partial charge in [-0.25, -0.2) is 0 Å². The molecule has 0 saturated carbocycles. The van der Waals surface area contributed by atoms with E-state index in [0.29, 0.717) is 11.9 Å². The molecule has 5 heteroatoms. The van der Waals surface area contributed by atoms with Gasteiger partial charge >= 0.3 is 6.01 Å². The highest BCUT2D eigenvalue weighted by molar-refractivity contribution is 5.33. The minimum Gasteiger partial charge on any atom is -0.497 e. The van der Waals surface area contributed by atoms with Crippen LogP contribution in [0.15, 0.2) is 28.7 Å². The molecular formula is C14H19N3O2. The summed E-state index contributed by atoms with van der Waals surface area (Å²) in [6.45, 7) is 4.13. The summed E-state index contributed by atoms with van der Waals surface area (Å²) in [5, 5.41) is 11.2. The Hall–Kier alpha value is -2.04. The highest BCUT2D eigenvalue weighted by Gasteiger charge is 2.10. The van der Waals surface area contributed by atoms with Crippen molar-refractivity contribution in [2.24, 2.45) is 0 Å². The lowest BCUT2D eigenvalue weighted by Gasteiger charge is -2.12. The van der Waals surface area contributed by atoms with Crippen LogP contribution >= 0.6 is 0 Å². The topological polar surface area (TPSA) is 60.2 Å². The smallest absolute Gasteiger partial charge is 0.315 e. The normalized spacial score (nSPS) is 12.2. The molecule has 2 rings (SSSR count). The van der Waals surface area contributed by atoms with E-state index in [-0.39, 0.29) is 6.04 Å². The number of aromatic nitrogens is 2. The lowest BCUT2D eigenvalue weighted by Crippen LogP contribution is -2.06. The first-order valence-corrected chi connectivity index (χ1v) is 6.45. The molecule has 1 aromatic carbocycles. The van der Waals surface area contributed by atoms with Crippen molar-refractivity contribution in [3.05, 3.63) is 35.7 Å². The summed E-state index contributed by atoms with van der Waals surface area (Å²) >= 11 is 0. The van der Waals surface area contributed by atoms with Crippen LogP contribution in [0.5, 0.6) is 5.75 Å². The largest absolute Gasteiger partial charge is 0.497 e. The zero-order chi connectivity index (χ0) is 13.7. The van der Waals surface area contributed by atoms with Crippen molar-refractivity contribution in [3.63, 3.8) is 0 Å². The number of benzene rings is 1. The van der Waals surface area contributed by atoms with E-state index in [0.717, 1.165) is 24.2 Å². The summed E-state index contributed by atoms with van der Waals surface area (Å²) in [6, 6.07) is 8.46. The summed E-state index contributed by atoms with van der Waals surface area (Å²) in [5.74, 6) is 1.52. The quantitative estimate of drug-likeness (QED) is 0.865. The molecule has 0 aliphatic rings. The van der Waals surface area contributed by atoms with Crippen LogP contribution in [0.4, 0.5) is 6.01 Å². The Morgan fingerprint density at radius 1 is 1.26 bits per heavy atom. The third-order valence-corrected chi connectivity index (χ3v) is 2.89. The van der Waals surface area contributed by atoms with Gasteiger partial charge in [-0.05, 0) is 31.0 Å². The summed E-state index contributed by atoms with van der Waals surface area (Å²) in [6.07, 6.45) is 1.81. The molecule has 102 valence electrons. The number of rotatable bonds is 6. The van der Waals surface area contributed by atoms with E-state index in [2.05, 4.69) is 22.4 Å². The fourth-order valence-electron chi connectivity index (χ4n) is 1.79. The second-order valence-electron chi connectivity index (χ2n) is 4.39. The molecule has 0 aliphatic heterocycles. The third-order valence-electron chi connectivity index (χ3n) is 2.89. The van der Waals surface area contributed by atoms with Crippen molar-refractivity contribution in [1.82, 2.24) is 10.2 Å². The van der Waals surface area contributed by atoms with Crippen LogP contribution in [0.2, 0.25) is 0 Å². The van der Waals surface area contributed by atoms with Gasteiger partial charge in [-0.2, -0.15) is 0 Å². The summed E-state index contributed by atoms with van der Waals surface area (Å²) < 4.78 is 10.6. The number of hydrogen-bond acceptors (Lipinski definition) is 5. The van der Waals surface area contributed by atoms with Crippen LogP contribution in [0.1, 0.15) is 37.8 Å². The first-order valence-electron chi connectivity index (χ1n) is 6.45. The Bertz CT molecular complexity index is 508. The van der Waals surface area contributed by atoms with Gasteiger partial charge in [0.1, 0.15) is 5.75 Å². The molecule has 1 heterocycles. The van der Waals surface area contributed by atoms with E-state index in [9.17, 15) is 0 Å². The first kappa shape index (κ1) is 13.4. The lowest BCUT2D eigenvalue weighted by atomic mass is 10.1. The van der Waals surface area contributed by atoms with Gasteiger partial charge in [-0.1, -0.05) is 24.2 Å². The van der Waals surface area contributed by atoms with Crippen molar-refractivity contribution in [1.29, 1.82) is 0 Å². The van der Waals surface area contributed by atoms with E-state index in [1.807, 2.05) is 31.2 Å². The first-order chi connectivity index (χ1) is 9.22. The van der Waals surface area contributed by atoms with Crippen molar-refractivity contribution < 1.29 is 9.15 Å². The van der Waals surface area contributed by atoms with E-state index in [1.54, 1.807) is 7.11 Å². The molecule has 0 radical (unpaired) electrons. The van der Waals surface area contributed by atoms with E-state index in [1.165, 1.54) is 0 Å². The van der Waals surface area contributed by atoms with Gasteiger partial charge in [0.15, 0.2) is 0 Å². The Kier molecular flexibility index (Phi) is 4.39. The van der Waals surface area contributed by atoms with Crippen LogP contribution in [0, 0.1) is 0 Å². The SMILES string of the molecule is CCCc1nnc(N[C@H](C)c2ccc(OC)cc2)o1. The maximum absolute atomic E-state index is 5.50. The van der Waals surface area contributed by atoms with Gasteiger partial charge in [-0.15, -0.1) is 5.10 Å². The van der Waals surface area contributed by atoms with Crippen LogP contribution in [0.3, 0.4) is 0 Å². The van der Waals surface area contributed by atoms with Gasteiger partial charge in [0.2, 0.25) is 5.89 Å². The molecule has 0 fully saturated rings. The highest BCUT2D eigenvalue weighted by Crippen LogP contribution is 2.21. The maximum atomic E-state index is 5.50. The van der Waals surface area contributed by atoms with Crippen LogP contribution < -0.4 is 10.1 Å². The predicted molar refractivity (Wildman–Crippen MR) is 73.3 cm³/mol. The molecule has 1 atom stereocenters. The Morgan fingerprint density at radius 3 is 2.63 bits per heavy atom. The number of nitrogens with one attached hydrogen (secondary N) is 1. The minimum atomic E-state index is 0.0980. The Morgan fingerprint density at radius 2 is 2.00 bits per heavy atom. The fourth-order valence-corrected chi connectivity index (χ4v) is 1.79. The predicted octanol–water partition coefficient (Wildman–Crippen LogP) is 3.20. The second-order valence-corrected chi connectivity index (χ2v) is 4.39. The average Bonchev–Trinajstić information content (AvgIpc) is 2.86. The van der Waals surface area contributed by atoms with Gasteiger partial charge in [0, 0.05) is 6.42 Å². The van der Waals surface area contributed by atoms with Crippen molar-refractivity contribution >= 4 is 6.01 Å². The molecule has 19 heavy (non-hydrogen) atoms. The second kappa shape index (κ2) is 6.22. The van der Waals surface area contributed by atoms with Gasteiger partial charge in [0.05, 0.1) is 13.2 Å². The molecule has 0 bridgehead atoms. The number of hydrogen-bond donors (Lipinski definition) is 1. The van der Waals surface area contributed by atoms with E-state index < -0.39 is 0 Å². The minimum absolute atomic E-state index is 0.0980. The molecule has 1 aromatic heterocycles. The molecule has 5 nitrogen and oxygen atoms in total. The highest BCUT2D eigenvalue weighted by atomic mass is 16.5. The number of anilines is 1. The molecule has 2 aromatic rings. The molecule has 0 amide bonds. The fraction of sp³-hybridized carbons (Fsp3) is 0.429. The van der Waals surface area contributed by atoms with Gasteiger partial charge < -0.3 is 14.5 Å². The van der Waals surface area contributed by atoms with Crippen LogP contribution in [0.25, 0.3) is 0 Å². The summed E-state index contributed by atoms with van der Waals surface area (Å²) in [4.78, 5) is 0. The monoisotopic (exact) mass is 261 g/mol. The molecule has 0 spiro atoms. The third kappa shape index (κ3) is 3.47. The van der Waals surface area contributed by atoms with Crippen LogP contribution in [-0.2, 0) is 6.42 Å². The van der Waals surface area contributed by atoms with Crippen molar-refractivity contribution in [3.8, 4) is 5.75 Å². The summed E-state index contributed by atoms with van der Waals surface area (Å²) in [7, 11) is 1.66. The van der Waals surface area contributed by atoms with Crippen LogP contribution in [-0.4, -0.2) is 17.3 Å². The van der Waals surface area contributed by atoms with Gasteiger partial charge in [0.25, 0.3) is 0 Å². The number of nitrogens with zero attached hydrogens (tertiary/aromatic N) is 2. The van der Waals surface area contributed by atoms with E-state index >= 15 is 0 Å². The Labute approximate surface area is 113 Å².